The largest absolute Gasteiger partial charge is 0.326 e. The molecule has 26 heavy (non-hydrogen) atoms. The van der Waals surface area contributed by atoms with Gasteiger partial charge in [0.25, 0.3) is 0 Å². The molecule has 1 aliphatic rings. The Hall–Kier alpha value is -1.94. The molecule has 0 aliphatic carbocycles. The SMILES string of the molecule is CN1C(=O)C(CC(=O)Nc2ccc(I)cc2)SC1=Nc1cccc(F)c1. The van der Waals surface area contributed by atoms with E-state index in [4.69, 9.17) is 0 Å². The van der Waals surface area contributed by atoms with Crippen LogP contribution in [0.4, 0.5) is 15.8 Å². The minimum absolute atomic E-state index is 0.0436. The number of halogens is 2. The van der Waals surface area contributed by atoms with Crippen LogP contribution in [0.3, 0.4) is 0 Å². The van der Waals surface area contributed by atoms with Gasteiger partial charge in [0.05, 0.1) is 5.69 Å². The van der Waals surface area contributed by atoms with E-state index in [1.54, 1.807) is 19.2 Å². The molecule has 1 N–H and O–H groups in total. The van der Waals surface area contributed by atoms with Crippen LogP contribution in [0.25, 0.3) is 0 Å². The zero-order chi connectivity index (χ0) is 18.7. The second kappa shape index (κ2) is 8.17. The number of benzene rings is 2. The van der Waals surface area contributed by atoms with E-state index in [2.05, 4.69) is 32.9 Å². The van der Waals surface area contributed by atoms with Gasteiger partial charge in [-0.15, -0.1) is 0 Å². The average Bonchev–Trinajstić information content (AvgIpc) is 2.85. The van der Waals surface area contributed by atoms with Crippen LogP contribution in [0.1, 0.15) is 6.42 Å². The second-order valence-electron chi connectivity index (χ2n) is 5.64. The molecule has 5 nitrogen and oxygen atoms in total. The fraction of sp³-hybridized carbons (Fsp3) is 0.167. The Bertz CT molecular complexity index is 873. The fourth-order valence-electron chi connectivity index (χ4n) is 2.37. The van der Waals surface area contributed by atoms with Gasteiger partial charge in [0.15, 0.2) is 5.17 Å². The Morgan fingerprint density at radius 2 is 2.04 bits per heavy atom. The Morgan fingerprint density at radius 1 is 1.31 bits per heavy atom. The lowest BCUT2D eigenvalue weighted by atomic mass is 10.2. The smallest absolute Gasteiger partial charge is 0.242 e. The summed E-state index contributed by atoms with van der Waals surface area (Å²) in [6.07, 6.45) is 0.0436. The van der Waals surface area contributed by atoms with E-state index in [0.717, 1.165) is 3.57 Å². The third-order valence-electron chi connectivity index (χ3n) is 3.67. The van der Waals surface area contributed by atoms with E-state index >= 15 is 0 Å². The molecular weight excluding hydrogens is 468 g/mol. The lowest BCUT2D eigenvalue weighted by Crippen LogP contribution is -2.30. The summed E-state index contributed by atoms with van der Waals surface area (Å²) in [5, 5.41) is 2.69. The van der Waals surface area contributed by atoms with Gasteiger partial charge < -0.3 is 5.32 Å². The lowest BCUT2D eigenvalue weighted by Gasteiger charge is -2.09. The molecule has 1 atom stereocenters. The molecule has 0 spiro atoms. The highest BCUT2D eigenvalue weighted by molar-refractivity contribution is 14.1. The van der Waals surface area contributed by atoms with E-state index in [1.165, 1.54) is 28.8 Å². The molecule has 8 heteroatoms. The van der Waals surface area contributed by atoms with Crippen LogP contribution in [0.5, 0.6) is 0 Å². The van der Waals surface area contributed by atoms with Crippen molar-refractivity contribution in [3.63, 3.8) is 0 Å². The van der Waals surface area contributed by atoms with Crippen molar-refractivity contribution in [2.75, 3.05) is 12.4 Å². The molecule has 1 aliphatic heterocycles. The minimum atomic E-state index is -0.545. The summed E-state index contributed by atoms with van der Waals surface area (Å²) in [6, 6.07) is 13.2. The van der Waals surface area contributed by atoms with Gasteiger partial charge in [-0.3, -0.25) is 14.5 Å². The van der Waals surface area contributed by atoms with Crippen LogP contribution < -0.4 is 5.32 Å². The van der Waals surface area contributed by atoms with E-state index in [1.807, 2.05) is 24.3 Å². The highest BCUT2D eigenvalue weighted by Crippen LogP contribution is 2.30. The molecule has 134 valence electrons. The quantitative estimate of drug-likeness (QED) is 0.669. The van der Waals surface area contributed by atoms with Crippen LogP contribution >= 0.6 is 34.4 Å². The van der Waals surface area contributed by atoms with Gasteiger partial charge in [0.1, 0.15) is 11.1 Å². The normalized spacial score (nSPS) is 18.4. The number of hydrogen-bond acceptors (Lipinski definition) is 4. The molecule has 0 aromatic heterocycles. The first-order valence-electron chi connectivity index (χ1n) is 7.76. The standard InChI is InChI=1S/C18H15FIN3O2S/c1-23-17(25)15(10-16(24)21-13-7-5-12(20)6-8-13)26-18(23)22-14-4-2-3-11(19)9-14/h2-9,15H,10H2,1H3,(H,21,24). The molecule has 2 aromatic carbocycles. The molecule has 3 rings (SSSR count). The van der Waals surface area contributed by atoms with E-state index in [9.17, 15) is 14.0 Å². The molecule has 0 radical (unpaired) electrons. The third-order valence-corrected chi connectivity index (χ3v) is 5.62. The number of nitrogens with zero attached hydrogens (tertiary/aromatic N) is 2. The summed E-state index contributed by atoms with van der Waals surface area (Å²) in [6.45, 7) is 0. The molecule has 1 heterocycles. The molecule has 0 saturated carbocycles. The van der Waals surface area contributed by atoms with Crippen molar-refractivity contribution in [3.05, 3.63) is 57.9 Å². The molecule has 2 aromatic rings. The number of rotatable bonds is 4. The molecule has 1 fully saturated rings. The number of hydrogen-bond donors (Lipinski definition) is 1. The van der Waals surface area contributed by atoms with Crippen LogP contribution in [-0.4, -0.2) is 34.2 Å². The summed E-state index contributed by atoms with van der Waals surface area (Å²) >= 11 is 3.40. The van der Waals surface area contributed by atoms with Crippen LogP contribution in [-0.2, 0) is 9.59 Å². The van der Waals surface area contributed by atoms with Gasteiger partial charge in [-0.2, -0.15) is 0 Å². The first-order chi connectivity index (χ1) is 12.4. The monoisotopic (exact) mass is 483 g/mol. The number of anilines is 1. The predicted molar refractivity (Wildman–Crippen MR) is 110 cm³/mol. The average molecular weight is 483 g/mol. The Morgan fingerprint density at radius 3 is 2.73 bits per heavy atom. The second-order valence-corrected chi connectivity index (χ2v) is 8.05. The fourth-order valence-corrected chi connectivity index (χ4v) is 3.88. The van der Waals surface area contributed by atoms with Gasteiger partial charge in [0, 0.05) is 22.7 Å². The number of amides is 2. The highest BCUT2D eigenvalue weighted by Gasteiger charge is 2.37. The van der Waals surface area contributed by atoms with Gasteiger partial charge in [0.2, 0.25) is 11.8 Å². The number of carbonyl (C=O) groups is 2. The van der Waals surface area contributed by atoms with Crippen LogP contribution in [0, 0.1) is 9.39 Å². The maximum absolute atomic E-state index is 13.3. The van der Waals surface area contributed by atoms with Crippen LogP contribution in [0.15, 0.2) is 53.5 Å². The van der Waals surface area contributed by atoms with Crippen molar-refractivity contribution in [2.45, 2.75) is 11.7 Å². The van der Waals surface area contributed by atoms with Crippen molar-refractivity contribution >= 4 is 62.7 Å². The highest BCUT2D eigenvalue weighted by atomic mass is 127. The summed E-state index contributed by atoms with van der Waals surface area (Å²) in [5.41, 5.74) is 1.11. The van der Waals surface area contributed by atoms with Gasteiger partial charge in [-0.05, 0) is 65.1 Å². The first kappa shape index (κ1) is 18.8. The molecule has 2 amide bonds. The number of aliphatic imine (C=N–C) groups is 1. The molecule has 0 bridgehead atoms. The first-order valence-corrected chi connectivity index (χ1v) is 9.72. The number of carbonyl (C=O) groups excluding carboxylic acids is 2. The summed E-state index contributed by atoms with van der Waals surface area (Å²) in [5.74, 6) is -0.822. The van der Waals surface area contributed by atoms with Crippen molar-refractivity contribution < 1.29 is 14.0 Å². The topological polar surface area (TPSA) is 61.8 Å². The van der Waals surface area contributed by atoms with Crippen molar-refractivity contribution in [2.24, 2.45) is 4.99 Å². The summed E-state index contributed by atoms with van der Waals surface area (Å²) in [7, 11) is 1.60. The Kier molecular flexibility index (Phi) is 5.92. The van der Waals surface area contributed by atoms with Crippen molar-refractivity contribution in [1.29, 1.82) is 0 Å². The zero-order valence-electron chi connectivity index (χ0n) is 13.8. The van der Waals surface area contributed by atoms with Crippen molar-refractivity contribution in [1.82, 2.24) is 4.90 Å². The van der Waals surface area contributed by atoms with Crippen molar-refractivity contribution in [3.8, 4) is 0 Å². The molecular formula is C18H15FIN3O2S. The Balaban J connectivity index is 1.66. The lowest BCUT2D eigenvalue weighted by molar-refractivity contribution is -0.127. The van der Waals surface area contributed by atoms with Crippen LogP contribution in [0.2, 0.25) is 0 Å². The predicted octanol–water partition coefficient (Wildman–Crippen LogP) is 4.02. The number of thioether (sulfide) groups is 1. The summed E-state index contributed by atoms with van der Waals surface area (Å²) in [4.78, 5) is 30.3. The maximum atomic E-state index is 13.3. The minimum Gasteiger partial charge on any atom is -0.326 e. The molecule has 1 unspecified atom stereocenters. The molecule has 1 saturated heterocycles. The van der Waals surface area contributed by atoms with E-state index < -0.39 is 11.1 Å². The van der Waals surface area contributed by atoms with Gasteiger partial charge in [-0.25, -0.2) is 9.38 Å². The number of nitrogens with one attached hydrogen (secondary N) is 1. The summed E-state index contributed by atoms with van der Waals surface area (Å²) < 4.78 is 14.4. The van der Waals surface area contributed by atoms with E-state index in [-0.39, 0.29) is 18.2 Å². The Labute approximate surface area is 168 Å². The van der Waals surface area contributed by atoms with Gasteiger partial charge >= 0.3 is 0 Å². The third kappa shape index (κ3) is 4.61. The maximum Gasteiger partial charge on any atom is 0.242 e. The van der Waals surface area contributed by atoms with Gasteiger partial charge in [-0.1, -0.05) is 17.8 Å². The number of amidine groups is 1. The van der Waals surface area contributed by atoms with E-state index in [0.29, 0.717) is 16.5 Å². The zero-order valence-corrected chi connectivity index (χ0v) is 16.8.